The summed E-state index contributed by atoms with van der Waals surface area (Å²) >= 11 is 0. The quantitative estimate of drug-likeness (QED) is 0.377. The molecule has 0 aromatic carbocycles. The van der Waals surface area contributed by atoms with Crippen LogP contribution in [0.3, 0.4) is 0 Å². The van der Waals surface area contributed by atoms with Gasteiger partial charge in [0.2, 0.25) is 0 Å². The standard InChI is InChI=1S/C12H26N4/c1-3-5-7-9-15-11(13)12(14)16-10-8-6-4-2/h3-10H2,1-2H3,(H2,13,15)(H2,14,16). The molecule has 4 nitrogen and oxygen atoms in total. The summed E-state index contributed by atoms with van der Waals surface area (Å²) in [4.78, 5) is 8.40. The fraction of sp³-hybridized carbons (Fsp3) is 0.833. The molecule has 0 saturated carbocycles. The van der Waals surface area contributed by atoms with Gasteiger partial charge in [0.15, 0.2) is 11.7 Å². The van der Waals surface area contributed by atoms with Crippen molar-refractivity contribution in [3.8, 4) is 0 Å². The minimum atomic E-state index is 0.396. The highest BCUT2D eigenvalue weighted by Crippen LogP contribution is 1.95. The predicted molar refractivity (Wildman–Crippen MR) is 72.0 cm³/mol. The lowest BCUT2D eigenvalue weighted by atomic mass is 10.2. The number of nitrogens with two attached hydrogens (primary N) is 2. The molecular weight excluding hydrogens is 200 g/mol. The van der Waals surface area contributed by atoms with Crippen LogP contribution in [0.25, 0.3) is 0 Å². The van der Waals surface area contributed by atoms with Crippen LogP contribution in [-0.4, -0.2) is 24.8 Å². The van der Waals surface area contributed by atoms with E-state index in [4.69, 9.17) is 11.5 Å². The van der Waals surface area contributed by atoms with Crippen LogP contribution in [0, 0.1) is 0 Å². The molecule has 0 aromatic heterocycles. The maximum absolute atomic E-state index is 5.71. The molecule has 16 heavy (non-hydrogen) atoms. The Morgan fingerprint density at radius 1 is 0.750 bits per heavy atom. The van der Waals surface area contributed by atoms with Crippen molar-refractivity contribution in [2.24, 2.45) is 21.5 Å². The summed E-state index contributed by atoms with van der Waals surface area (Å²) in [6.45, 7) is 5.84. The average Bonchev–Trinajstić information content (AvgIpc) is 2.29. The van der Waals surface area contributed by atoms with Crippen LogP contribution < -0.4 is 11.5 Å². The van der Waals surface area contributed by atoms with Crippen molar-refractivity contribution in [3.63, 3.8) is 0 Å². The monoisotopic (exact) mass is 226 g/mol. The van der Waals surface area contributed by atoms with E-state index >= 15 is 0 Å². The Morgan fingerprint density at radius 2 is 1.12 bits per heavy atom. The van der Waals surface area contributed by atoms with Gasteiger partial charge in [0.25, 0.3) is 0 Å². The number of nitrogens with zero attached hydrogens (tertiary/aromatic N) is 2. The van der Waals surface area contributed by atoms with Crippen LogP contribution in [0.1, 0.15) is 52.4 Å². The topological polar surface area (TPSA) is 76.8 Å². The van der Waals surface area contributed by atoms with E-state index in [1.54, 1.807) is 0 Å². The zero-order valence-corrected chi connectivity index (χ0v) is 10.7. The average molecular weight is 226 g/mol. The molecule has 0 bridgehead atoms. The van der Waals surface area contributed by atoms with Crippen LogP contribution in [0.4, 0.5) is 0 Å². The van der Waals surface area contributed by atoms with Crippen LogP contribution in [0.15, 0.2) is 9.98 Å². The number of rotatable bonds is 8. The van der Waals surface area contributed by atoms with E-state index in [9.17, 15) is 0 Å². The molecule has 0 rings (SSSR count). The summed E-state index contributed by atoms with van der Waals surface area (Å²) in [5.74, 6) is 0.792. The first-order valence-corrected chi connectivity index (χ1v) is 6.32. The number of unbranched alkanes of at least 4 members (excludes halogenated alkanes) is 4. The molecule has 94 valence electrons. The van der Waals surface area contributed by atoms with Gasteiger partial charge < -0.3 is 11.5 Å². The van der Waals surface area contributed by atoms with Crippen molar-refractivity contribution in [2.45, 2.75) is 52.4 Å². The van der Waals surface area contributed by atoms with E-state index in [-0.39, 0.29) is 0 Å². The molecule has 4 heteroatoms. The van der Waals surface area contributed by atoms with Gasteiger partial charge in [-0.25, -0.2) is 0 Å². The highest BCUT2D eigenvalue weighted by atomic mass is 15.0. The van der Waals surface area contributed by atoms with E-state index in [2.05, 4.69) is 23.8 Å². The lowest BCUT2D eigenvalue weighted by Gasteiger charge is -2.01. The van der Waals surface area contributed by atoms with Crippen molar-refractivity contribution in [3.05, 3.63) is 0 Å². The highest BCUT2D eigenvalue weighted by molar-refractivity contribution is 6.39. The Hall–Kier alpha value is -1.06. The minimum Gasteiger partial charge on any atom is -0.381 e. The number of aliphatic imine (C=N–C) groups is 2. The lowest BCUT2D eigenvalue weighted by Crippen LogP contribution is -2.32. The van der Waals surface area contributed by atoms with E-state index in [0.29, 0.717) is 11.7 Å². The molecule has 0 amide bonds. The van der Waals surface area contributed by atoms with Crippen LogP contribution >= 0.6 is 0 Å². The number of hydrogen-bond acceptors (Lipinski definition) is 2. The highest BCUT2D eigenvalue weighted by Gasteiger charge is 1.97. The third-order valence-electron chi connectivity index (χ3n) is 2.35. The first-order valence-electron chi connectivity index (χ1n) is 6.32. The Labute approximate surface area is 99.2 Å². The summed E-state index contributed by atoms with van der Waals surface area (Å²) in [5, 5.41) is 0. The Bertz CT molecular complexity index is 197. The van der Waals surface area contributed by atoms with Crippen molar-refractivity contribution in [1.82, 2.24) is 0 Å². The molecule has 0 unspecified atom stereocenters. The van der Waals surface area contributed by atoms with Gasteiger partial charge in [0.05, 0.1) is 0 Å². The summed E-state index contributed by atoms with van der Waals surface area (Å²) in [6.07, 6.45) is 6.89. The van der Waals surface area contributed by atoms with E-state index in [1.807, 2.05) is 0 Å². The number of amidine groups is 2. The molecule has 0 spiro atoms. The molecule has 0 aliphatic heterocycles. The molecule has 0 fully saturated rings. The maximum atomic E-state index is 5.71. The first kappa shape index (κ1) is 14.9. The van der Waals surface area contributed by atoms with Gasteiger partial charge in [0, 0.05) is 13.1 Å². The van der Waals surface area contributed by atoms with E-state index < -0.39 is 0 Å². The fourth-order valence-corrected chi connectivity index (χ4v) is 1.28. The van der Waals surface area contributed by atoms with E-state index in [0.717, 1.165) is 25.9 Å². The van der Waals surface area contributed by atoms with Crippen molar-refractivity contribution < 1.29 is 0 Å². The molecular formula is C12H26N4. The van der Waals surface area contributed by atoms with Gasteiger partial charge in [-0.05, 0) is 12.8 Å². The van der Waals surface area contributed by atoms with Crippen molar-refractivity contribution in [1.29, 1.82) is 0 Å². The van der Waals surface area contributed by atoms with Crippen LogP contribution in [0.5, 0.6) is 0 Å². The van der Waals surface area contributed by atoms with Crippen LogP contribution in [-0.2, 0) is 0 Å². The third-order valence-corrected chi connectivity index (χ3v) is 2.35. The summed E-state index contributed by atoms with van der Waals surface area (Å²) in [5.41, 5.74) is 11.4. The lowest BCUT2D eigenvalue weighted by molar-refractivity contribution is 0.726. The van der Waals surface area contributed by atoms with E-state index in [1.165, 1.54) is 25.7 Å². The van der Waals surface area contributed by atoms with Gasteiger partial charge in [-0.2, -0.15) is 0 Å². The molecule has 0 atom stereocenters. The Morgan fingerprint density at radius 3 is 1.44 bits per heavy atom. The zero-order valence-electron chi connectivity index (χ0n) is 10.7. The molecule has 4 N–H and O–H groups in total. The first-order chi connectivity index (χ1) is 7.72. The molecule has 0 aliphatic rings. The summed E-state index contributed by atoms with van der Waals surface area (Å²) < 4.78 is 0. The Kier molecular flexibility index (Phi) is 9.76. The van der Waals surface area contributed by atoms with Gasteiger partial charge in [-0.3, -0.25) is 9.98 Å². The smallest absolute Gasteiger partial charge is 0.161 e. The number of hydrogen-bond donors (Lipinski definition) is 2. The van der Waals surface area contributed by atoms with Crippen LogP contribution in [0.2, 0.25) is 0 Å². The van der Waals surface area contributed by atoms with Gasteiger partial charge in [-0.1, -0.05) is 39.5 Å². The maximum Gasteiger partial charge on any atom is 0.161 e. The molecule has 0 aliphatic carbocycles. The van der Waals surface area contributed by atoms with Gasteiger partial charge in [-0.15, -0.1) is 0 Å². The van der Waals surface area contributed by atoms with Crippen molar-refractivity contribution in [2.75, 3.05) is 13.1 Å². The second kappa shape index (κ2) is 10.5. The molecule has 0 heterocycles. The van der Waals surface area contributed by atoms with Crippen molar-refractivity contribution >= 4 is 11.7 Å². The molecule has 0 saturated heterocycles. The largest absolute Gasteiger partial charge is 0.381 e. The SMILES string of the molecule is CCCCCN=C(N)C(N)=NCCCCC. The molecule has 0 aromatic rings. The molecule has 0 radical (unpaired) electrons. The van der Waals surface area contributed by atoms with Gasteiger partial charge in [0.1, 0.15) is 0 Å². The predicted octanol–water partition coefficient (Wildman–Crippen LogP) is 2.08. The Balaban J connectivity index is 3.81. The zero-order chi connectivity index (χ0) is 12.2. The second-order valence-electron chi connectivity index (χ2n) is 3.95. The second-order valence-corrected chi connectivity index (χ2v) is 3.95. The summed E-state index contributed by atoms with van der Waals surface area (Å²) in [7, 11) is 0. The summed E-state index contributed by atoms with van der Waals surface area (Å²) in [6, 6.07) is 0. The minimum absolute atomic E-state index is 0.396. The van der Waals surface area contributed by atoms with Gasteiger partial charge >= 0.3 is 0 Å². The fourth-order valence-electron chi connectivity index (χ4n) is 1.28. The normalized spacial score (nSPS) is 13.1. The third kappa shape index (κ3) is 8.26.